The van der Waals surface area contributed by atoms with Gasteiger partial charge in [0.1, 0.15) is 0 Å². The Morgan fingerprint density at radius 3 is 2.84 bits per heavy atom. The number of carbonyl (C=O) groups is 1. The van der Waals surface area contributed by atoms with Crippen molar-refractivity contribution in [2.45, 2.75) is 32.1 Å². The van der Waals surface area contributed by atoms with Crippen molar-refractivity contribution in [3.8, 4) is 0 Å². The summed E-state index contributed by atoms with van der Waals surface area (Å²) in [6, 6.07) is 5.89. The predicted molar refractivity (Wildman–Crippen MR) is 80.8 cm³/mol. The molecule has 1 aromatic rings. The number of aromatic nitrogens is 1. The van der Waals surface area contributed by atoms with Gasteiger partial charge >= 0.3 is 0 Å². The number of nitrogens with zero attached hydrogens (tertiary/aromatic N) is 1. The molecule has 0 saturated carbocycles. The van der Waals surface area contributed by atoms with Crippen molar-refractivity contribution in [3.05, 3.63) is 30.1 Å². The van der Waals surface area contributed by atoms with Gasteiger partial charge in [-0.2, -0.15) is 0 Å². The molecule has 0 fully saturated rings. The normalized spacial score (nSPS) is 12.4. The van der Waals surface area contributed by atoms with E-state index >= 15 is 0 Å². The van der Waals surface area contributed by atoms with Crippen LogP contribution in [0.1, 0.15) is 26.0 Å². The summed E-state index contributed by atoms with van der Waals surface area (Å²) in [7, 11) is 0. The lowest BCUT2D eigenvalue weighted by Crippen LogP contribution is -2.41. The van der Waals surface area contributed by atoms with Gasteiger partial charge in [0.15, 0.2) is 0 Å². The van der Waals surface area contributed by atoms with Gasteiger partial charge in [0.05, 0.1) is 11.4 Å². The van der Waals surface area contributed by atoms with Gasteiger partial charge in [-0.3, -0.25) is 9.78 Å². The van der Waals surface area contributed by atoms with Crippen LogP contribution < -0.4 is 11.1 Å². The number of amides is 1. The maximum Gasteiger partial charge on any atom is 0.230 e. The van der Waals surface area contributed by atoms with Crippen LogP contribution in [-0.4, -0.2) is 29.2 Å². The Bertz CT molecular complexity index is 370. The van der Waals surface area contributed by atoms with Gasteiger partial charge in [0, 0.05) is 24.5 Å². The van der Waals surface area contributed by atoms with Crippen LogP contribution in [0.15, 0.2) is 24.4 Å². The lowest BCUT2D eigenvalue weighted by atomic mass is 10.0. The molecule has 0 bridgehead atoms. The molecule has 0 aliphatic heterocycles. The number of nitrogens with one attached hydrogen (secondary N) is 1. The van der Waals surface area contributed by atoms with E-state index in [9.17, 15) is 4.79 Å². The van der Waals surface area contributed by atoms with Gasteiger partial charge in [-0.05, 0) is 24.5 Å². The second kappa shape index (κ2) is 8.93. The molecule has 5 heteroatoms. The van der Waals surface area contributed by atoms with Crippen LogP contribution in [0.5, 0.6) is 0 Å². The van der Waals surface area contributed by atoms with Gasteiger partial charge in [0.25, 0.3) is 0 Å². The fourth-order valence-corrected chi connectivity index (χ4v) is 2.53. The van der Waals surface area contributed by atoms with E-state index in [0.29, 0.717) is 18.2 Å². The summed E-state index contributed by atoms with van der Waals surface area (Å²) < 4.78 is 0. The molecular weight excluding hydrogens is 258 g/mol. The minimum Gasteiger partial charge on any atom is -0.351 e. The van der Waals surface area contributed by atoms with Crippen molar-refractivity contribution in [3.63, 3.8) is 0 Å². The Hall–Kier alpha value is -1.07. The first-order chi connectivity index (χ1) is 9.11. The SMILES string of the molecule is CC(C)CC(CN)NC(=O)CSCc1ccccn1. The van der Waals surface area contributed by atoms with E-state index in [2.05, 4.69) is 24.1 Å². The fraction of sp³-hybridized carbons (Fsp3) is 0.571. The number of hydrogen-bond donors (Lipinski definition) is 2. The highest BCUT2D eigenvalue weighted by atomic mass is 32.2. The zero-order valence-electron chi connectivity index (χ0n) is 11.6. The second-order valence-corrected chi connectivity index (χ2v) is 5.93. The summed E-state index contributed by atoms with van der Waals surface area (Å²) in [6.45, 7) is 4.75. The third kappa shape index (κ3) is 7.18. The highest BCUT2D eigenvalue weighted by molar-refractivity contribution is 7.99. The summed E-state index contributed by atoms with van der Waals surface area (Å²) in [4.78, 5) is 16.0. The quantitative estimate of drug-likeness (QED) is 0.762. The number of pyridine rings is 1. The van der Waals surface area contributed by atoms with Crippen LogP contribution in [0.3, 0.4) is 0 Å². The molecule has 0 spiro atoms. The lowest BCUT2D eigenvalue weighted by molar-refractivity contribution is -0.119. The number of hydrogen-bond acceptors (Lipinski definition) is 4. The predicted octanol–water partition coefficient (Wildman–Crippen LogP) is 1.80. The maximum absolute atomic E-state index is 11.8. The van der Waals surface area contributed by atoms with Crippen molar-refractivity contribution in [2.24, 2.45) is 11.7 Å². The molecule has 1 atom stereocenters. The summed E-state index contributed by atoms with van der Waals surface area (Å²) in [5, 5.41) is 2.98. The van der Waals surface area contributed by atoms with E-state index in [0.717, 1.165) is 17.9 Å². The van der Waals surface area contributed by atoms with Gasteiger partial charge in [0.2, 0.25) is 5.91 Å². The van der Waals surface area contributed by atoms with Crippen molar-refractivity contribution in [1.82, 2.24) is 10.3 Å². The Kier molecular flexibility index (Phi) is 7.52. The maximum atomic E-state index is 11.8. The molecule has 3 N–H and O–H groups in total. The Morgan fingerprint density at radius 2 is 2.26 bits per heavy atom. The van der Waals surface area contributed by atoms with Crippen molar-refractivity contribution < 1.29 is 4.79 Å². The molecule has 1 amide bonds. The Morgan fingerprint density at radius 1 is 1.47 bits per heavy atom. The minimum atomic E-state index is 0.0528. The first-order valence-corrected chi connectivity index (χ1v) is 7.74. The third-order valence-electron chi connectivity index (χ3n) is 2.61. The van der Waals surface area contributed by atoms with Crippen LogP contribution in [-0.2, 0) is 10.5 Å². The summed E-state index contributed by atoms with van der Waals surface area (Å²) in [6.07, 6.45) is 2.69. The molecule has 19 heavy (non-hydrogen) atoms. The molecule has 0 aliphatic rings. The van der Waals surface area contributed by atoms with Crippen LogP contribution in [0.2, 0.25) is 0 Å². The zero-order valence-corrected chi connectivity index (χ0v) is 12.5. The monoisotopic (exact) mass is 281 g/mol. The van der Waals surface area contributed by atoms with Gasteiger partial charge in [-0.1, -0.05) is 19.9 Å². The summed E-state index contributed by atoms with van der Waals surface area (Å²) in [5.74, 6) is 1.80. The van der Waals surface area contributed by atoms with Crippen molar-refractivity contribution in [1.29, 1.82) is 0 Å². The first kappa shape index (κ1) is 16.0. The number of thioether (sulfide) groups is 1. The van der Waals surface area contributed by atoms with Crippen molar-refractivity contribution >= 4 is 17.7 Å². The number of rotatable bonds is 8. The summed E-state index contributed by atoms with van der Waals surface area (Å²) in [5.41, 5.74) is 6.66. The second-order valence-electron chi connectivity index (χ2n) is 4.94. The molecule has 1 unspecified atom stereocenters. The molecule has 106 valence electrons. The molecule has 1 heterocycles. The molecule has 4 nitrogen and oxygen atoms in total. The Labute approximate surface area is 119 Å². The van der Waals surface area contributed by atoms with E-state index in [1.807, 2.05) is 18.2 Å². The lowest BCUT2D eigenvalue weighted by Gasteiger charge is -2.18. The van der Waals surface area contributed by atoms with Gasteiger partial charge in [-0.15, -0.1) is 11.8 Å². The van der Waals surface area contributed by atoms with Gasteiger partial charge in [-0.25, -0.2) is 0 Å². The smallest absolute Gasteiger partial charge is 0.230 e. The topological polar surface area (TPSA) is 68.0 Å². The molecule has 0 aliphatic carbocycles. The molecule has 1 rings (SSSR count). The average Bonchev–Trinajstić information content (AvgIpc) is 2.38. The average molecular weight is 281 g/mol. The molecule has 0 saturated heterocycles. The minimum absolute atomic E-state index is 0.0528. The van der Waals surface area contributed by atoms with Crippen LogP contribution in [0.4, 0.5) is 0 Å². The van der Waals surface area contributed by atoms with Crippen molar-refractivity contribution in [2.75, 3.05) is 12.3 Å². The highest BCUT2D eigenvalue weighted by Crippen LogP contribution is 2.09. The fourth-order valence-electron chi connectivity index (χ4n) is 1.78. The van der Waals surface area contributed by atoms with E-state index in [1.54, 1.807) is 18.0 Å². The zero-order chi connectivity index (χ0) is 14.1. The van der Waals surface area contributed by atoms with Crippen LogP contribution >= 0.6 is 11.8 Å². The molecular formula is C14H23N3OS. The van der Waals surface area contributed by atoms with E-state index in [-0.39, 0.29) is 11.9 Å². The first-order valence-electron chi connectivity index (χ1n) is 6.59. The molecule has 0 radical (unpaired) electrons. The third-order valence-corrected chi connectivity index (χ3v) is 3.58. The largest absolute Gasteiger partial charge is 0.351 e. The van der Waals surface area contributed by atoms with Gasteiger partial charge < -0.3 is 11.1 Å². The van der Waals surface area contributed by atoms with E-state index in [1.165, 1.54) is 0 Å². The number of nitrogens with two attached hydrogens (primary N) is 1. The molecule has 1 aromatic heterocycles. The Balaban J connectivity index is 2.23. The van der Waals surface area contributed by atoms with Crippen LogP contribution in [0, 0.1) is 5.92 Å². The van der Waals surface area contributed by atoms with E-state index in [4.69, 9.17) is 5.73 Å². The molecule has 0 aromatic carbocycles. The standard InChI is InChI=1S/C14H23N3OS/c1-11(2)7-13(8-15)17-14(18)10-19-9-12-5-3-4-6-16-12/h3-6,11,13H,7-10,15H2,1-2H3,(H,17,18). The van der Waals surface area contributed by atoms with Crippen LogP contribution in [0.25, 0.3) is 0 Å². The van der Waals surface area contributed by atoms with E-state index < -0.39 is 0 Å². The summed E-state index contributed by atoms with van der Waals surface area (Å²) >= 11 is 1.57. The number of carbonyl (C=O) groups excluding carboxylic acids is 1. The highest BCUT2D eigenvalue weighted by Gasteiger charge is 2.12.